The average molecular weight is 810 g/mol. The summed E-state index contributed by atoms with van der Waals surface area (Å²) in [5.74, 6) is 1.05. The van der Waals surface area contributed by atoms with Gasteiger partial charge in [0.2, 0.25) is 5.91 Å². The van der Waals surface area contributed by atoms with Crippen molar-refractivity contribution in [3.63, 3.8) is 0 Å². The molecule has 6 heterocycles. The van der Waals surface area contributed by atoms with Crippen molar-refractivity contribution < 1.29 is 19.4 Å². The number of carbonyl (C=O) groups excluding carboxylic acids is 2. The number of likely N-dealkylation sites (tertiary alicyclic amines) is 1. The number of piperidine rings is 2. The molecule has 5 aliphatic rings. The Bertz CT molecular complexity index is 2390. The number of carbonyl (C=O) groups is 2. The first-order valence-corrected chi connectivity index (χ1v) is 21.8. The molecule has 5 fully saturated rings. The third-order valence-corrected chi connectivity index (χ3v) is 14.2. The Morgan fingerprint density at radius 1 is 0.867 bits per heavy atom. The first-order valence-electron chi connectivity index (χ1n) is 21.8. The normalized spacial score (nSPS) is 21.8. The Morgan fingerprint density at radius 3 is 2.42 bits per heavy atom. The number of morpholine rings is 1. The molecule has 60 heavy (non-hydrogen) atoms. The van der Waals surface area contributed by atoms with Gasteiger partial charge in [-0.1, -0.05) is 30.3 Å². The predicted molar refractivity (Wildman–Crippen MR) is 234 cm³/mol. The number of amides is 3. The van der Waals surface area contributed by atoms with E-state index in [4.69, 9.17) is 10.5 Å². The van der Waals surface area contributed by atoms with Gasteiger partial charge in [-0.05, 0) is 124 Å². The van der Waals surface area contributed by atoms with E-state index in [0.29, 0.717) is 61.2 Å². The van der Waals surface area contributed by atoms with Crippen molar-refractivity contribution in [2.24, 2.45) is 11.3 Å². The Morgan fingerprint density at radius 2 is 1.65 bits per heavy atom. The minimum Gasteiger partial charge on any atom is -0.507 e. The van der Waals surface area contributed by atoms with E-state index in [-0.39, 0.29) is 23.8 Å². The van der Waals surface area contributed by atoms with Crippen molar-refractivity contribution in [1.29, 1.82) is 0 Å². The number of para-hydroxylation sites is 1. The van der Waals surface area contributed by atoms with Crippen LogP contribution in [0.4, 0.5) is 27.7 Å². The Hall–Kier alpha value is -5.66. The minimum absolute atomic E-state index is 0.0921. The molecule has 4 N–H and O–H groups in total. The number of nitrogens with two attached hydrogens (primary N) is 1. The molecule has 0 bridgehead atoms. The highest BCUT2D eigenvalue weighted by Gasteiger charge is 2.47. The lowest BCUT2D eigenvalue weighted by Gasteiger charge is -2.53. The third-order valence-electron chi connectivity index (χ3n) is 14.2. The number of phenols is 1. The second-order valence-electron chi connectivity index (χ2n) is 17.8. The second kappa shape index (κ2) is 15.7. The highest BCUT2D eigenvalue weighted by Crippen LogP contribution is 2.56. The van der Waals surface area contributed by atoms with Crippen LogP contribution in [-0.2, 0) is 9.53 Å². The Balaban J connectivity index is 0.697. The van der Waals surface area contributed by atoms with E-state index in [2.05, 4.69) is 78.1 Å². The molecule has 1 saturated carbocycles. The first-order chi connectivity index (χ1) is 29.2. The summed E-state index contributed by atoms with van der Waals surface area (Å²) in [6.45, 7) is 10.3. The lowest BCUT2D eigenvalue weighted by atomic mass is 9.60. The van der Waals surface area contributed by atoms with Crippen LogP contribution in [0.3, 0.4) is 0 Å². The van der Waals surface area contributed by atoms with Crippen LogP contribution in [0.25, 0.3) is 22.2 Å². The number of aromatic nitrogens is 3. The summed E-state index contributed by atoms with van der Waals surface area (Å²) in [4.78, 5) is 33.7. The molecule has 3 amide bonds. The number of imide groups is 1. The van der Waals surface area contributed by atoms with Gasteiger partial charge in [-0.15, -0.1) is 10.2 Å². The fourth-order valence-corrected chi connectivity index (χ4v) is 10.8. The van der Waals surface area contributed by atoms with Crippen molar-refractivity contribution in [1.82, 2.24) is 25.0 Å². The van der Waals surface area contributed by atoms with Crippen LogP contribution >= 0.6 is 0 Å². The largest absolute Gasteiger partial charge is 0.507 e. The number of aromatic hydroxyl groups is 1. The van der Waals surface area contributed by atoms with Gasteiger partial charge in [0.25, 0.3) is 0 Å². The fraction of sp³-hybridized carbons (Fsp3) is 0.447. The number of nitrogens with zero attached hydrogens (tertiary/aromatic N) is 7. The molecule has 3 aromatic carbocycles. The lowest BCUT2D eigenvalue weighted by molar-refractivity contribution is -0.120. The van der Waals surface area contributed by atoms with Crippen LogP contribution in [0.15, 0.2) is 78.9 Å². The number of phenolic OH excluding ortho intramolecular Hbond substituents is 1. The zero-order chi connectivity index (χ0) is 41.0. The highest BCUT2D eigenvalue weighted by molar-refractivity contribution is 6.09. The SMILES string of the molecule is Cc1cc2c(N3CCC(=O)NC3=O)cccc2n1C1CC2(CCN(CC3CCN(c4ccc([C@H]5CN(c6cc(-c7ccccc7O)nnc6N)CCO5)cc4)CC3)CC2)C1. The van der Waals surface area contributed by atoms with E-state index in [1.807, 2.05) is 30.3 Å². The molecule has 13 nitrogen and oxygen atoms in total. The molecule has 1 spiro atoms. The number of nitrogens with one attached hydrogen (secondary N) is 1. The van der Waals surface area contributed by atoms with Crippen LogP contribution < -0.4 is 25.8 Å². The monoisotopic (exact) mass is 809 g/mol. The molecule has 312 valence electrons. The zero-order valence-corrected chi connectivity index (χ0v) is 34.4. The fourth-order valence-electron chi connectivity index (χ4n) is 10.8. The topological polar surface area (TPSA) is 145 Å². The van der Waals surface area contributed by atoms with Gasteiger partial charge in [0.1, 0.15) is 11.9 Å². The minimum atomic E-state index is -0.330. The van der Waals surface area contributed by atoms with Gasteiger partial charge in [-0.2, -0.15) is 0 Å². The summed E-state index contributed by atoms with van der Waals surface area (Å²) in [5, 5.41) is 22.4. The van der Waals surface area contributed by atoms with Crippen LogP contribution in [-0.4, -0.2) is 95.7 Å². The number of hydrogen-bond acceptors (Lipinski definition) is 10. The number of urea groups is 1. The Labute approximate surface area is 351 Å². The van der Waals surface area contributed by atoms with Crippen LogP contribution in [0.1, 0.15) is 68.3 Å². The number of anilines is 4. The van der Waals surface area contributed by atoms with Crippen molar-refractivity contribution in [3.8, 4) is 17.0 Å². The second-order valence-corrected chi connectivity index (χ2v) is 17.8. The van der Waals surface area contributed by atoms with Crippen molar-refractivity contribution in [3.05, 3.63) is 90.1 Å². The molecule has 0 unspecified atom stereocenters. The highest BCUT2D eigenvalue weighted by atomic mass is 16.5. The molecular weight excluding hydrogens is 755 g/mol. The summed E-state index contributed by atoms with van der Waals surface area (Å²) in [7, 11) is 0. The number of aryl methyl sites for hydroxylation is 1. The maximum absolute atomic E-state index is 12.7. The van der Waals surface area contributed by atoms with E-state index >= 15 is 0 Å². The van der Waals surface area contributed by atoms with Crippen molar-refractivity contribution >= 4 is 45.7 Å². The van der Waals surface area contributed by atoms with Crippen LogP contribution in [0, 0.1) is 18.3 Å². The summed E-state index contributed by atoms with van der Waals surface area (Å²) in [6, 6.07) is 26.6. The predicted octanol–water partition coefficient (Wildman–Crippen LogP) is 7.05. The number of benzene rings is 3. The van der Waals surface area contributed by atoms with E-state index in [1.165, 1.54) is 75.1 Å². The van der Waals surface area contributed by atoms with Gasteiger partial charge in [-0.3, -0.25) is 15.0 Å². The van der Waals surface area contributed by atoms with E-state index in [1.54, 1.807) is 17.0 Å². The summed E-state index contributed by atoms with van der Waals surface area (Å²) < 4.78 is 8.77. The van der Waals surface area contributed by atoms with Gasteiger partial charge < -0.3 is 34.8 Å². The smallest absolute Gasteiger partial charge is 0.328 e. The summed E-state index contributed by atoms with van der Waals surface area (Å²) in [5.41, 5.74) is 14.5. The van der Waals surface area contributed by atoms with Gasteiger partial charge >= 0.3 is 6.03 Å². The van der Waals surface area contributed by atoms with Gasteiger partial charge in [0, 0.05) is 74.1 Å². The van der Waals surface area contributed by atoms with Crippen LogP contribution in [0.5, 0.6) is 5.75 Å². The Kier molecular flexibility index (Phi) is 10.1. The first kappa shape index (κ1) is 38.5. The summed E-state index contributed by atoms with van der Waals surface area (Å²) >= 11 is 0. The van der Waals surface area contributed by atoms with Gasteiger partial charge in [-0.25, -0.2) is 4.79 Å². The van der Waals surface area contributed by atoms with Crippen LogP contribution in [0.2, 0.25) is 0 Å². The number of hydrogen-bond donors (Lipinski definition) is 3. The van der Waals surface area contributed by atoms with Crippen molar-refractivity contribution in [2.75, 3.05) is 79.4 Å². The molecule has 4 saturated heterocycles. The maximum atomic E-state index is 12.7. The number of rotatable bonds is 8. The van der Waals surface area contributed by atoms with E-state index in [0.717, 1.165) is 41.3 Å². The average Bonchev–Trinajstić information content (AvgIpc) is 3.59. The molecule has 0 radical (unpaired) electrons. The molecule has 5 aromatic rings. The maximum Gasteiger partial charge on any atom is 0.328 e. The zero-order valence-electron chi connectivity index (χ0n) is 34.4. The molecule has 13 heteroatoms. The lowest BCUT2D eigenvalue weighted by Crippen LogP contribution is -2.49. The van der Waals surface area contributed by atoms with E-state index < -0.39 is 0 Å². The molecular formula is C47H55N9O4. The molecule has 2 aromatic heterocycles. The number of nitrogen functional groups attached to an aromatic ring is 1. The molecule has 4 aliphatic heterocycles. The number of ether oxygens (including phenoxy) is 1. The molecule has 10 rings (SSSR count). The summed E-state index contributed by atoms with van der Waals surface area (Å²) in [6.07, 6.45) is 7.65. The molecule has 1 atom stereocenters. The van der Waals surface area contributed by atoms with E-state index in [9.17, 15) is 14.7 Å². The standard InChI is InChI=1S/C47H55N9O4/c1-31-25-37-39(55-20-15-44(58)49-46(55)59)6-4-7-40(37)56(31)35-27-47(28-35)16-21-52(22-17-47)29-32-13-18-53(19-14-32)34-11-9-33(10-12-34)43-30-54(23-24-60-43)41-26-38(50-51-45(41)48)36-5-2-3-8-42(36)57/h2-12,25-26,32,35,43,57H,13-24,27-30H2,1H3,(H2,48,51)(H,49,58,59)/t43-/m1/s1. The third kappa shape index (κ3) is 7.31. The van der Waals surface area contributed by atoms with Gasteiger partial charge in [0.05, 0.1) is 29.2 Å². The van der Waals surface area contributed by atoms with Crippen molar-refractivity contribution in [2.45, 2.75) is 64.0 Å². The number of fused-ring (bicyclic) bond motifs is 1. The molecule has 1 aliphatic carbocycles. The van der Waals surface area contributed by atoms with Gasteiger partial charge in [0.15, 0.2) is 5.82 Å². The quantitative estimate of drug-likeness (QED) is 0.149.